The monoisotopic (exact) mass is 285 g/mol. The Hall–Kier alpha value is -0.940. The second-order valence-electron chi connectivity index (χ2n) is 5.97. The Morgan fingerprint density at radius 2 is 1.68 bits per heavy atom. The molecule has 0 atom stereocenters. The fraction of sp³-hybridized carbons (Fsp3) is 0.571. The Morgan fingerprint density at radius 1 is 1.21 bits per heavy atom. The molecule has 1 saturated carbocycles. The lowest BCUT2D eigenvalue weighted by molar-refractivity contribution is 0.400. The minimum Gasteiger partial charge on any atom is -0.207 e. The van der Waals surface area contributed by atoms with E-state index >= 15 is 0 Å². The Balaban J connectivity index is 2.40. The summed E-state index contributed by atoms with van der Waals surface area (Å²) in [6, 6.07) is 2.51. The number of nitrogens with one attached hydrogen (secondary N) is 1. The Labute approximate surface area is 114 Å². The van der Waals surface area contributed by atoms with Crippen LogP contribution in [0.4, 0.5) is 4.39 Å². The molecule has 1 aromatic rings. The molecule has 0 aromatic heterocycles. The van der Waals surface area contributed by atoms with Gasteiger partial charge < -0.3 is 0 Å². The minimum absolute atomic E-state index is 0.197. The van der Waals surface area contributed by atoms with Crippen molar-refractivity contribution in [2.24, 2.45) is 5.92 Å². The van der Waals surface area contributed by atoms with Gasteiger partial charge >= 0.3 is 0 Å². The quantitative estimate of drug-likeness (QED) is 0.924. The lowest BCUT2D eigenvalue weighted by atomic mass is 10.0. The van der Waals surface area contributed by atoms with Crippen LogP contribution < -0.4 is 4.72 Å². The maximum absolute atomic E-state index is 13.3. The zero-order chi connectivity index (χ0) is 14.4. The first kappa shape index (κ1) is 14.5. The highest BCUT2D eigenvalue weighted by molar-refractivity contribution is 7.89. The number of rotatable bonds is 4. The summed E-state index contributed by atoms with van der Waals surface area (Å²) in [6.45, 7) is 7.04. The van der Waals surface area contributed by atoms with Gasteiger partial charge in [-0.1, -0.05) is 0 Å². The van der Waals surface area contributed by atoms with E-state index in [0.717, 1.165) is 12.8 Å². The van der Waals surface area contributed by atoms with Crippen LogP contribution >= 0.6 is 0 Å². The second-order valence-corrected chi connectivity index (χ2v) is 7.59. The van der Waals surface area contributed by atoms with Crippen LogP contribution in [0.25, 0.3) is 0 Å². The van der Waals surface area contributed by atoms with E-state index in [-0.39, 0.29) is 4.90 Å². The van der Waals surface area contributed by atoms with Crippen molar-refractivity contribution in [1.82, 2.24) is 4.72 Å². The molecular weight excluding hydrogens is 265 g/mol. The number of benzene rings is 1. The summed E-state index contributed by atoms with van der Waals surface area (Å²) < 4.78 is 41.0. The van der Waals surface area contributed by atoms with Crippen molar-refractivity contribution < 1.29 is 12.8 Å². The summed E-state index contributed by atoms with van der Waals surface area (Å²) in [5.41, 5.74) is 0.430. The van der Waals surface area contributed by atoms with E-state index in [1.54, 1.807) is 13.8 Å². The standard InChI is InChI=1S/C14H20FNO2S/c1-9-7-12(15)8-10(2)13(9)19(17,18)16-14(3,4)11-5-6-11/h7-8,11,16H,5-6H2,1-4H3. The number of hydrogen-bond acceptors (Lipinski definition) is 2. The molecule has 0 saturated heterocycles. The van der Waals surface area contributed by atoms with Crippen molar-refractivity contribution in [1.29, 1.82) is 0 Å². The van der Waals surface area contributed by atoms with Gasteiger partial charge in [-0.15, -0.1) is 0 Å². The van der Waals surface area contributed by atoms with Crippen LogP contribution in [0.15, 0.2) is 17.0 Å². The zero-order valence-electron chi connectivity index (χ0n) is 11.7. The molecule has 1 fully saturated rings. The van der Waals surface area contributed by atoms with Crippen molar-refractivity contribution in [3.63, 3.8) is 0 Å². The maximum atomic E-state index is 13.3. The molecule has 1 aromatic carbocycles. The molecule has 2 rings (SSSR count). The van der Waals surface area contributed by atoms with Crippen LogP contribution in [0.1, 0.15) is 37.8 Å². The third kappa shape index (κ3) is 2.98. The second kappa shape index (κ2) is 4.56. The molecule has 0 spiro atoms. The van der Waals surface area contributed by atoms with E-state index in [2.05, 4.69) is 4.72 Å². The third-order valence-corrected chi connectivity index (χ3v) is 5.67. The summed E-state index contributed by atoms with van der Waals surface area (Å²) in [7, 11) is -3.62. The van der Waals surface area contributed by atoms with Crippen LogP contribution in [-0.4, -0.2) is 14.0 Å². The molecule has 0 heterocycles. The molecule has 5 heteroatoms. The van der Waals surface area contributed by atoms with Gasteiger partial charge in [0.15, 0.2) is 0 Å². The van der Waals surface area contributed by atoms with Gasteiger partial charge in [0, 0.05) is 5.54 Å². The molecule has 1 aliphatic carbocycles. The summed E-state index contributed by atoms with van der Waals surface area (Å²) in [4.78, 5) is 0.197. The highest BCUT2D eigenvalue weighted by Crippen LogP contribution is 2.40. The van der Waals surface area contributed by atoms with Crippen LogP contribution in [0.5, 0.6) is 0 Å². The minimum atomic E-state index is -3.62. The van der Waals surface area contributed by atoms with Crippen LogP contribution in [-0.2, 0) is 10.0 Å². The van der Waals surface area contributed by atoms with Gasteiger partial charge in [-0.3, -0.25) is 0 Å². The van der Waals surface area contributed by atoms with E-state index in [9.17, 15) is 12.8 Å². The van der Waals surface area contributed by atoms with Crippen molar-refractivity contribution in [3.8, 4) is 0 Å². The maximum Gasteiger partial charge on any atom is 0.241 e. The normalized spacial score (nSPS) is 16.7. The molecule has 0 amide bonds. The van der Waals surface area contributed by atoms with Gasteiger partial charge in [0.05, 0.1) is 4.90 Å². The van der Waals surface area contributed by atoms with Crippen molar-refractivity contribution in [3.05, 3.63) is 29.1 Å². The Kier molecular flexibility index (Phi) is 3.47. The summed E-state index contributed by atoms with van der Waals surface area (Å²) in [6.07, 6.45) is 2.10. The molecule has 0 radical (unpaired) electrons. The first-order valence-corrected chi connectivity index (χ1v) is 7.92. The summed E-state index contributed by atoms with van der Waals surface area (Å²) >= 11 is 0. The lowest BCUT2D eigenvalue weighted by Gasteiger charge is -2.26. The fourth-order valence-corrected chi connectivity index (χ4v) is 4.53. The van der Waals surface area contributed by atoms with Gasteiger partial charge in [0.25, 0.3) is 0 Å². The number of aryl methyl sites for hydroxylation is 2. The van der Waals surface area contributed by atoms with Gasteiger partial charge in [-0.25, -0.2) is 17.5 Å². The SMILES string of the molecule is Cc1cc(F)cc(C)c1S(=O)(=O)NC(C)(C)C1CC1. The van der Waals surface area contributed by atoms with Crippen LogP contribution in [0.2, 0.25) is 0 Å². The Bertz CT molecular complexity index is 581. The van der Waals surface area contributed by atoms with E-state index in [1.807, 2.05) is 13.8 Å². The van der Waals surface area contributed by atoms with E-state index in [0.29, 0.717) is 17.0 Å². The average Bonchev–Trinajstić information content (AvgIpc) is 2.94. The topological polar surface area (TPSA) is 46.2 Å². The Morgan fingerprint density at radius 3 is 2.11 bits per heavy atom. The van der Waals surface area contributed by atoms with Crippen molar-refractivity contribution in [2.45, 2.75) is 51.0 Å². The first-order valence-electron chi connectivity index (χ1n) is 6.44. The molecule has 19 heavy (non-hydrogen) atoms. The van der Waals surface area contributed by atoms with Crippen LogP contribution in [0.3, 0.4) is 0 Å². The van der Waals surface area contributed by atoms with Gasteiger partial charge in [-0.2, -0.15) is 0 Å². The first-order chi connectivity index (χ1) is 8.63. The van der Waals surface area contributed by atoms with E-state index in [1.165, 1.54) is 12.1 Å². The smallest absolute Gasteiger partial charge is 0.207 e. The molecule has 1 aliphatic rings. The average molecular weight is 285 g/mol. The van der Waals surface area contributed by atoms with E-state index < -0.39 is 21.4 Å². The predicted octanol–water partition coefficient (Wildman–Crippen LogP) is 2.91. The third-order valence-electron chi connectivity index (χ3n) is 3.69. The molecule has 0 aliphatic heterocycles. The van der Waals surface area contributed by atoms with Gasteiger partial charge in [0.2, 0.25) is 10.0 Å². The predicted molar refractivity (Wildman–Crippen MR) is 73.0 cm³/mol. The molecule has 0 bridgehead atoms. The number of hydrogen-bond donors (Lipinski definition) is 1. The van der Waals surface area contributed by atoms with Gasteiger partial charge in [-0.05, 0) is 69.7 Å². The number of halogens is 1. The summed E-state index contributed by atoms with van der Waals surface area (Å²) in [5.74, 6) is -0.0151. The van der Waals surface area contributed by atoms with Gasteiger partial charge in [0.1, 0.15) is 5.82 Å². The molecule has 0 unspecified atom stereocenters. The molecule has 1 N–H and O–H groups in total. The number of sulfonamides is 1. The zero-order valence-corrected chi connectivity index (χ0v) is 12.6. The van der Waals surface area contributed by atoms with E-state index in [4.69, 9.17) is 0 Å². The fourth-order valence-electron chi connectivity index (χ4n) is 2.61. The van der Waals surface area contributed by atoms with Crippen molar-refractivity contribution >= 4 is 10.0 Å². The highest BCUT2D eigenvalue weighted by atomic mass is 32.2. The molecule has 3 nitrogen and oxygen atoms in total. The molecule has 106 valence electrons. The molecular formula is C14H20FNO2S. The largest absolute Gasteiger partial charge is 0.241 e. The summed E-state index contributed by atoms with van der Waals surface area (Å²) in [5, 5.41) is 0. The van der Waals surface area contributed by atoms with Crippen LogP contribution in [0, 0.1) is 25.6 Å². The van der Waals surface area contributed by atoms with Crippen molar-refractivity contribution in [2.75, 3.05) is 0 Å². The highest BCUT2D eigenvalue weighted by Gasteiger charge is 2.41. The lowest BCUT2D eigenvalue weighted by Crippen LogP contribution is -2.45.